The van der Waals surface area contributed by atoms with Crippen LogP contribution in [0.5, 0.6) is 5.75 Å². The minimum absolute atomic E-state index is 0.159. The Balaban J connectivity index is 2.24. The first-order valence-corrected chi connectivity index (χ1v) is 6.20. The number of hydrogen-bond acceptors (Lipinski definition) is 3. The van der Waals surface area contributed by atoms with Crippen molar-refractivity contribution in [2.75, 3.05) is 0 Å². The first-order chi connectivity index (χ1) is 9.04. The third kappa shape index (κ3) is 2.72. The maximum absolute atomic E-state index is 13.7. The number of aryl methyl sites for hydroxylation is 2. The maximum atomic E-state index is 13.7. The zero-order valence-electron chi connectivity index (χ0n) is 10.8. The average Bonchev–Trinajstić information content (AvgIpc) is 2.62. The third-order valence-electron chi connectivity index (χ3n) is 2.90. The van der Waals surface area contributed by atoms with Gasteiger partial charge in [-0.15, -0.1) is 0 Å². The highest BCUT2D eigenvalue weighted by molar-refractivity contribution is 6.30. The summed E-state index contributed by atoms with van der Waals surface area (Å²) in [5, 5.41) is 4.66. The fourth-order valence-corrected chi connectivity index (χ4v) is 2.09. The zero-order valence-corrected chi connectivity index (χ0v) is 11.5. The third-order valence-corrected chi connectivity index (χ3v) is 3.37. The molecule has 102 valence electrons. The lowest BCUT2D eigenvalue weighted by Crippen LogP contribution is -2.05. The molecule has 0 bridgehead atoms. The van der Waals surface area contributed by atoms with Gasteiger partial charge in [-0.1, -0.05) is 23.7 Å². The molecule has 0 atom stereocenters. The standard InChI is InChI=1S/C13H15ClFN3O/c1-8-10(13(14)18(2)17-8)7-19-12-9(6-16)4-3-5-11(12)15/h3-5H,6-7,16H2,1-2H3. The van der Waals surface area contributed by atoms with Gasteiger partial charge >= 0.3 is 0 Å². The molecule has 0 saturated carbocycles. The topological polar surface area (TPSA) is 53.1 Å². The van der Waals surface area contributed by atoms with Crippen molar-refractivity contribution in [2.45, 2.75) is 20.1 Å². The number of rotatable bonds is 4. The summed E-state index contributed by atoms with van der Waals surface area (Å²) in [7, 11) is 1.74. The van der Waals surface area contributed by atoms with E-state index in [4.69, 9.17) is 22.1 Å². The van der Waals surface area contributed by atoms with Crippen molar-refractivity contribution >= 4 is 11.6 Å². The minimum Gasteiger partial charge on any atom is -0.485 e. The lowest BCUT2D eigenvalue weighted by Gasteiger charge is -2.11. The molecule has 0 amide bonds. The number of benzene rings is 1. The van der Waals surface area contributed by atoms with Crippen molar-refractivity contribution in [1.82, 2.24) is 9.78 Å². The van der Waals surface area contributed by atoms with E-state index in [0.717, 1.165) is 11.3 Å². The number of ether oxygens (including phenoxy) is 1. The van der Waals surface area contributed by atoms with Crippen molar-refractivity contribution in [2.24, 2.45) is 12.8 Å². The van der Waals surface area contributed by atoms with Gasteiger partial charge in [0.25, 0.3) is 0 Å². The quantitative estimate of drug-likeness (QED) is 0.938. The zero-order chi connectivity index (χ0) is 14.0. The molecule has 2 rings (SSSR count). The number of para-hydroxylation sites is 1. The molecule has 4 nitrogen and oxygen atoms in total. The molecule has 0 spiro atoms. The minimum atomic E-state index is -0.430. The summed E-state index contributed by atoms with van der Waals surface area (Å²) in [6.45, 7) is 2.20. The van der Waals surface area contributed by atoms with Crippen molar-refractivity contribution in [3.05, 3.63) is 46.0 Å². The molecule has 6 heteroatoms. The molecule has 0 radical (unpaired) electrons. The fraction of sp³-hybridized carbons (Fsp3) is 0.308. The molecular weight excluding hydrogens is 269 g/mol. The first-order valence-electron chi connectivity index (χ1n) is 5.82. The van der Waals surface area contributed by atoms with Crippen LogP contribution in [0, 0.1) is 12.7 Å². The van der Waals surface area contributed by atoms with E-state index in [1.54, 1.807) is 23.9 Å². The van der Waals surface area contributed by atoms with Crippen LogP contribution in [0.3, 0.4) is 0 Å². The summed E-state index contributed by atoms with van der Waals surface area (Å²) in [6.07, 6.45) is 0. The predicted molar refractivity (Wildman–Crippen MR) is 71.6 cm³/mol. The normalized spacial score (nSPS) is 10.8. The van der Waals surface area contributed by atoms with E-state index >= 15 is 0 Å². The Morgan fingerprint density at radius 1 is 1.47 bits per heavy atom. The summed E-state index contributed by atoms with van der Waals surface area (Å²) in [5.74, 6) is -0.259. The Morgan fingerprint density at radius 3 is 2.79 bits per heavy atom. The van der Waals surface area contributed by atoms with Crippen LogP contribution in [0.25, 0.3) is 0 Å². The van der Waals surface area contributed by atoms with Crippen LogP contribution in [0.2, 0.25) is 5.15 Å². The van der Waals surface area contributed by atoms with Crippen LogP contribution in [0.1, 0.15) is 16.8 Å². The highest BCUT2D eigenvalue weighted by Crippen LogP contribution is 2.26. The number of nitrogens with zero attached hydrogens (tertiary/aromatic N) is 2. The highest BCUT2D eigenvalue weighted by atomic mass is 35.5. The van der Waals surface area contributed by atoms with Gasteiger partial charge in [-0.3, -0.25) is 4.68 Å². The van der Waals surface area contributed by atoms with Crippen LogP contribution in [-0.2, 0) is 20.2 Å². The van der Waals surface area contributed by atoms with Crippen molar-refractivity contribution in [1.29, 1.82) is 0 Å². The monoisotopic (exact) mass is 283 g/mol. The summed E-state index contributed by atoms with van der Waals surface area (Å²) in [5.41, 5.74) is 7.69. The van der Waals surface area contributed by atoms with Crippen molar-refractivity contribution < 1.29 is 9.13 Å². The molecule has 0 fully saturated rings. The molecule has 0 aliphatic rings. The molecule has 2 aromatic rings. The van der Waals surface area contributed by atoms with Gasteiger partial charge < -0.3 is 10.5 Å². The van der Waals surface area contributed by atoms with Gasteiger partial charge in [0.05, 0.1) is 5.69 Å². The summed E-state index contributed by atoms with van der Waals surface area (Å²) in [6, 6.07) is 4.68. The second kappa shape index (κ2) is 5.59. The van der Waals surface area contributed by atoms with E-state index in [1.807, 2.05) is 6.92 Å². The van der Waals surface area contributed by atoms with E-state index in [9.17, 15) is 4.39 Å². The number of halogens is 2. The van der Waals surface area contributed by atoms with Crippen LogP contribution in [0.4, 0.5) is 4.39 Å². The number of hydrogen-bond donors (Lipinski definition) is 1. The largest absolute Gasteiger partial charge is 0.485 e. The predicted octanol–water partition coefficient (Wildman–Crippen LogP) is 2.56. The molecular formula is C13H15ClFN3O. The Hall–Kier alpha value is -1.59. The lowest BCUT2D eigenvalue weighted by molar-refractivity contribution is 0.286. The maximum Gasteiger partial charge on any atom is 0.165 e. The summed E-state index contributed by atoms with van der Waals surface area (Å²) >= 11 is 6.10. The second-order valence-corrected chi connectivity index (χ2v) is 4.56. The fourth-order valence-electron chi connectivity index (χ4n) is 1.86. The van der Waals surface area contributed by atoms with Gasteiger partial charge in [-0.05, 0) is 13.0 Å². The molecule has 0 saturated heterocycles. The van der Waals surface area contributed by atoms with Gasteiger partial charge in [-0.25, -0.2) is 4.39 Å². The van der Waals surface area contributed by atoms with Gasteiger partial charge in [0.15, 0.2) is 11.6 Å². The molecule has 19 heavy (non-hydrogen) atoms. The van der Waals surface area contributed by atoms with Gasteiger partial charge in [0.2, 0.25) is 0 Å². The Morgan fingerprint density at radius 2 is 2.21 bits per heavy atom. The van der Waals surface area contributed by atoms with Crippen LogP contribution < -0.4 is 10.5 Å². The van der Waals surface area contributed by atoms with E-state index in [2.05, 4.69) is 5.10 Å². The molecule has 0 aliphatic heterocycles. The summed E-state index contributed by atoms with van der Waals surface area (Å²) in [4.78, 5) is 0. The van der Waals surface area contributed by atoms with Gasteiger partial charge in [-0.2, -0.15) is 5.10 Å². The van der Waals surface area contributed by atoms with E-state index in [0.29, 0.717) is 10.7 Å². The van der Waals surface area contributed by atoms with Crippen molar-refractivity contribution in [3.8, 4) is 5.75 Å². The SMILES string of the molecule is Cc1nn(C)c(Cl)c1COc1c(F)cccc1CN. The molecule has 1 heterocycles. The molecule has 1 aromatic carbocycles. The van der Waals surface area contributed by atoms with Crippen LogP contribution in [0.15, 0.2) is 18.2 Å². The van der Waals surface area contributed by atoms with Crippen molar-refractivity contribution in [3.63, 3.8) is 0 Å². The average molecular weight is 284 g/mol. The lowest BCUT2D eigenvalue weighted by atomic mass is 10.2. The second-order valence-electron chi connectivity index (χ2n) is 4.20. The molecule has 0 aliphatic carbocycles. The molecule has 2 N–H and O–H groups in total. The van der Waals surface area contributed by atoms with Gasteiger partial charge in [0, 0.05) is 24.7 Å². The first kappa shape index (κ1) is 13.8. The Bertz CT molecular complexity index is 598. The summed E-state index contributed by atoms with van der Waals surface area (Å²) < 4.78 is 20.8. The number of aromatic nitrogens is 2. The Labute approximate surface area is 115 Å². The highest BCUT2D eigenvalue weighted by Gasteiger charge is 2.14. The Kier molecular flexibility index (Phi) is 4.07. The van der Waals surface area contributed by atoms with Crippen LogP contribution >= 0.6 is 11.6 Å². The van der Waals surface area contributed by atoms with E-state index in [1.165, 1.54) is 6.07 Å². The molecule has 0 unspecified atom stereocenters. The number of nitrogens with two attached hydrogens (primary N) is 1. The van der Waals surface area contributed by atoms with Crippen LogP contribution in [-0.4, -0.2) is 9.78 Å². The van der Waals surface area contributed by atoms with E-state index < -0.39 is 5.82 Å². The van der Waals surface area contributed by atoms with E-state index in [-0.39, 0.29) is 18.9 Å². The molecule has 1 aromatic heterocycles. The van der Waals surface area contributed by atoms with Gasteiger partial charge in [0.1, 0.15) is 11.8 Å². The smallest absolute Gasteiger partial charge is 0.165 e.